The Bertz CT molecular complexity index is 418. The number of nitrogens with zero attached hydrogens (tertiary/aromatic N) is 1. The van der Waals surface area contributed by atoms with Crippen molar-refractivity contribution < 1.29 is 9.90 Å². The fourth-order valence-corrected chi connectivity index (χ4v) is 2.79. The minimum atomic E-state index is -0.714. The molecule has 4 heteroatoms. The Labute approximate surface area is 112 Å². The van der Waals surface area contributed by atoms with E-state index in [0.717, 1.165) is 24.5 Å². The van der Waals surface area contributed by atoms with Gasteiger partial charge in [-0.1, -0.05) is 30.7 Å². The predicted molar refractivity (Wildman–Crippen MR) is 72.1 cm³/mol. The minimum Gasteiger partial charge on any atom is -0.480 e. The number of halogens is 1. The molecule has 1 heterocycles. The van der Waals surface area contributed by atoms with Crippen molar-refractivity contribution in [3.63, 3.8) is 0 Å². The maximum atomic E-state index is 11.1. The first-order valence-corrected chi connectivity index (χ1v) is 6.72. The number of aliphatic carboxylic acids is 1. The fourth-order valence-electron chi connectivity index (χ4n) is 2.67. The molecule has 1 saturated heterocycles. The lowest BCUT2D eigenvalue weighted by molar-refractivity contribution is -0.143. The summed E-state index contributed by atoms with van der Waals surface area (Å²) in [5.41, 5.74) is 1.25. The Kier molecular flexibility index (Phi) is 4.25. The zero-order chi connectivity index (χ0) is 13.1. The van der Waals surface area contributed by atoms with Crippen LogP contribution in [0.3, 0.4) is 0 Å². The monoisotopic (exact) mass is 267 g/mol. The molecule has 0 bridgehead atoms. The smallest absolute Gasteiger partial charge is 0.320 e. The van der Waals surface area contributed by atoms with E-state index < -0.39 is 5.97 Å². The van der Waals surface area contributed by atoms with Crippen LogP contribution in [0.2, 0.25) is 5.02 Å². The van der Waals surface area contributed by atoms with E-state index in [1.807, 2.05) is 31.2 Å². The maximum absolute atomic E-state index is 11.1. The Balaban J connectivity index is 2.04. The Morgan fingerprint density at radius 3 is 2.72 bits per heavy atom. The van der Waals surface area contributed by atoms with Crippen LogP contribution in [0.15, 0.2) is 24.3 Å². The highest BCUT2D eigenvalue weighted by Crippen LogP contribution is 2.29. The van der Waals surface area contributed by atoms with E-state index in [0.29, 0.717) is 12.3 Å². The highest BCUT2D eigenvalue weighted by molar-refractivity contribution is 6.30. The molecule has 2 atom stereocenters. The van der Waals surface area contributed by atoms with Gasteiger partial charge >= 0.3 is 5.97 Å². The third-order valence-corrected chi connectivity index (χ3v) is 3.93. The number of carboxylic acids is 1. The second-order valence-corrected chi connectivity index (χ2v) is 5.23. The Morgan fingerprint density at radius 2 is 2.17 bits per heavy atom. The molecule has 98 valence electrons. The van der Waals surface area contributed by atoms with Crippen LogP contribution in [0.1, 0.15) is 31.2 Å². The van der Waals surface area contributed by atoms with Crippen LogP contribution in [0.5, 0.6) is 0 Å². The quantitative estimate of drug-likeness (QED) is 0.912. The zero-order valence-electron chi connectivity index (χ0n) is 10.5. The van der Waals surface area contributed by atoms with Crippen LogP contribution in [0, 0.1) is 0 Å². The lowest BCUT2D eigenvalue weighted by Crippen LogP contribution is -2.39. The summed E-state index contributed by atoms with van der Waals surface area (Å²) in [5, 5.41) is 9.91. The largest absolute Gasteiger partial charge is 0.480 e. The van der Waals surface area contributed by atoms with E-state index in [-0.39, 0.29) is 6.04 Å². The molecular weight excluding hydrogens is 250 g/mol. The first kappa shape index (κ1) is 13.4. The second-order valence-electron chi connectivity index (χ2n) is 4.79. The maximum Gasteiger partial charge on any atom is 0.320 e. The Hall–Kier alpha value is -1.06. The molecule has 2 rings (SSSR count). The topological polar surface area (TPSA) is 40.5 Å². The normalized spacial score (nSPS) is 22.0. The fraction of sp³-hybridized carbons (Fsp3) is 0.500. The molecule has 0 aromatic heterocycles. The molecule has 1 aliphatic heterocycles. The summed E-state index contributed by atoms with van der Waals surface area (Å²) in [6.07, 6.45) is 1.67. The Morgan fingerprint density at radius 1 is 1.50 bits per heavy atom. The van der Waals surface area contributed by atoms with Crippen LogP contribution in [-0.4, -0.2) is 35.1 Å². The van der Waals surface area contributed by atoms with Crippen LogP contribution < -0.4 is 0 Å². The third kappa shape index (κ3) is 2.85. The summed E-state index contributed by atoms with van der Waals surface area (Å²) in [7, 11) is 0. The molecule has 1 fully saturated rings. The predicted octanol–water partition coefficient (Wildman–Crippen LogP) is 2.99. The number of rotatable bonds is 4. The molecule has 0 spiro atoms. The molecule has 0 amide bonds. The average Bonchev–Trinajstić information content (AvgIpc) is 2.80. The van der Waals surface area contributed by atoms with Crippen molar-refractivity contribution >= 4 is 17.6 Å². The van der Waals surface area contributed by atoms with E-state index in [9.17, 15) is 4.79 Å². The number of hydrogen-bond acceptors (Lipinski definition) is 2. The average molecular weight is 268 g/mol. The molecule has 0 unspecified atom stereocenters. The van der Waals surface area contributed by atoms with Gasteiger partial charge in [-0.2, -0.15) is 0 Å². The molecular formula is C14H18ClNO2. The van der Waals surface area contributed by atoms with Gasteiger partial charge in [0.15, 0.2) is 0 Å². The minimum absolute atomic E-state index is 0.345. The highest BCUT2D eigenvalue weighted by atomic mass is 35.5. The second kappa shape index (κ2) is 5.72. The SMILES string of the molecule is CC[C@@H](C(=O)O)N1CC[C@H](c2ccc(Cl)cc2)C1. The first-order chi connectivity index (χ1) is 8.61. The lowest BCUT2D eigenvalue weighted by atomic mass is 9.99. The molecule has 1 N–H and O–H groups in total. The number of carbonyl (C=O) groups is 1. The van der Waals surface area contributed by atoms with E-state index in [1.165, 1.54) is 5.56 Å². The summed E-state index contributed by atoms with van der Waals surface area (Å²) in [5.74, 6) is -0.287. The van der Waals surface area contributed by atoms with Crippen LogP contribution in [0.25, 0.3) is 0 Å². The van der Waals surface area contributed by atoms with Crippen molar-refractivity contribution in [1.82, 2.24) is 4.90 Å². The molecule has 18 heavy (non-hydrogen) atoms. The summed E-state index contributed by atoms with van der Waals surface area (Å²) in [4.78, 5) is 13.2. The molecule has 1 aromatic rings. The van der Waals surface area contributed by atoms with Gasteiger partial charge in [-0.15, -0.1) is 0 Å². The summed E-state index contributed by atoms with van der Waals surface area (Å²) < 4.78 is 0. The summed E-state index contributed by atoms with van der Waals surface area (Å²) >= 11 is 5.87. The molecule has 0 aliphatic carbocycles. The van der Waals surface area contributed by atoms with Crippen molar-refractivity contribution in [1.29, 1.82) is 0 Å². The number of benzene rings is 1. The van der Waals surface area contributed by atoms with Gasteiger partial charge in [-0.3, -0.25) is 9.69 Å². The van der Waals surface area contributed by atoms with Gasteiger partial charge in [0.25, 0.3) is 0 Å². The van der Waals surface area contributed by atoms with E-state index in [1.54, 1.807) is 0 Å². The number of carboxylic acid groups (broad SMARTS) is 1. The van der Waals surface area contributed by atoms with E-state index in [2.05, 4.69) is 4.90 Å². The molecule has 1 aromatic carbocycles. The molecule has 1 aliphatic rings. The van der Waals surface area contributed by atoms with Crippen molar-refractivity contribution in [2.24, 2.45) is 0 Å². The van der Waals surface area contributed by atoms with Gasteiger partial charge in [0.2, 0.25) is 0 Å². The molecule has 3 nitrogen and oxygen atoms in total. The van der Waals surface area contributed by atoms with Crippen molar-refractivity contribution in [2.75, 3.05) is 13.1 Å². The van der Waals surface area contributed by atoms with Crippen molar-refractivity contribution in [2.45, 2.75) is 31.7 Å². The molecule has 0 saturated carbocycles. The van der Waals surface area contributed by atoms with Gasteiger partial charge in [-0.25, -0.2) is 0 Å². The van der Waals surface area contributed by atoms with Gasteiger partial charge in [0.1, 0.15) is 6.04 Å². The first-order valence-electron chi connectivity index (χ1n) is 6.34. The standard InChI is InChI=1S/C14H18ClNO2/c1-2-13(14(17)18)16-8-7-11(9-16)10-3-5-12(15)6-4-10/h3-6,11,13H,2,7-9H2,1H3,(H,17,18)/t11-,13-/m0/s1. The van der Waals surface area contributed by atoms with E-state index >= 15 is 0 Å². The van der Waals surface area contributed by atoms with Crippen molar-refractivity contribution in [3.05, 3.63) is 34.9 Å². The van der Waals surface area contributed by atoms with Gasteiger partial charge in [0.05, 0.1) is 0 Å². The van der Waals surface area contributed by atoms with E-state index in [4.69, 9.17) is 16.7 Å². The van der Waals surface area contributed by atoms with Crippen LogP contribution in [-0.2, 0) is 4.79 Å². The van der Waals surface area contributed by atoms with Crippen LogP contribution >= 0.6 is 11.6 Å². The van der Waals surface area contributed by atoms with Crippen LogP contribution in [0.4, 0.5) is 0 Å². The van der Waals surface area contributed by atoms with Gasteiger partial charge < -0.3 is 5.11 Å². The number of likely N-dealkylation sites (tertiary alicyclic amines) is 1. The third-order valence-electron chi connectivity index (χ3n) is 3.67. The summed E-state index contributed by atoms with van der Waals surface area (Å²) in [6, 6.07) is 7.53. The highest BCUT2D eigenvalue weighted by Gasteiger charge is 2.31. The molecule has 0 radical (unpaired) electrons. The zero-order valence-corrected chi connectivity index (χ0v) is 11.2. The number of hydrogen-bond donors (Lipinski definition) is 1. The van der Waals surface area contributed by atoms with Gasteiger partial charge in [0, 0.05) is 11.6 Å². The van der Waals surface area contributed by atoms with Crippen molar-refractivity contribution in [3.8, 4) is 0 Å². The summed E-state index contributed by atoms with van der Waals surface area (Å²) in [6.45, 7) is 3.61. The lowest BCUT2D eigenvalue weighted by Gasteiger charge is -2.23. The van der Waals surface area contributed by atoms with Gasteiger partial charge in [-0.05, 0) is 43.0 Å².